The Morgan fingerprint density at radius 3 is 2.10 bits per heavy atom. The van der Waals surface area contributed by atoms with E-state index >= 15 is 0 Å². The molecule has 4 heteroatoms. The number of rotatable bonds is 5. The van der Waals surface area contributed by atoms with Crippen LogP contribution >= 0.6 is 0 Å². The summed E-state index contributed by atoms with van der Waals surface area (Å²) in [6.45, 7) is 1.63. The number of aliphatic hydroxyl groups is 1. The largest absolute Gasteiger partial charge is 0.479 e. The van der Waals surface area contributed by atoms with Crippen molar-refractivity contribution < 1.29 is 19.7 Å². The quantitative estimate of drug-likeness (QED) is 0.877. The van der Waals surface area contributed by atoms with E-state index in [0.717, 1.165) is 0 Å². The molecule has 2 N–H and O–H groups in total. The van der Waals surface area contributed by atoms with Crippen molar-refractivity contribution in [3.05, 3.63) is 60.2 Å². The van der Waals surface area contributed by atoms with Gasteiger partial charge in [0.05, 0.1) is 0 Å². The number of ether oxygens (including phenoxy) is 1. The molecule has 0 saturated carbocycles. The predicted octanol–water partition coefficient (Wildman–Crippen LogP) is 3.16. The number of carbonyl (C=O) groups is 1. The zero-order valence-electron chi connectivity index (χ0n) is 11.1. The fraction of sp³-hybridized carbons (Fsp3) is 0.188. The summed E-state index contributed by atoms with van der Waals surface area (Å²) >= 11 is 0. The normalized spacial score (nSPS) is 13.5. The zero-order chi connectivity index (χ0) is 14.6. The lowest BCUT2D eigenvalue weighted by Gasteiger charge is -2.22. The molecular formula is C16H16O4. The summed E-state index contributed by atoms with van der Waals surface area (Å²) in [5.74, 6) is 0.0322. The Morgan fingerprint density at radius 1 is 1.05 bits per heavy atom. The first-order valence-electron chi connectivity index (χ1n) is 6.35. The van der Waals surface area contributed by atoms with Gasteiger partial charge in [0.15, 0.2) is 5.60 Å². The predicted molar refractivity (Wildman–Crippen MR) is 74.8 cm³/mol. The van der Waals surface area contributed by atoms with Crippen molar-refractivity contribution in [2.45, 2.75) is 18.9 Å². The first-order chi connectivity index (χ1) is 9.56. The summed E-state index contributed by atoms with van der Waals surface area (Å²) < 4.78 is 5.61. The molecule has 0 aromatic heterocycles. The van der Waals surface area contributed by atoms with Gasteiger partial charge in [0.1, 0.15) is 11.5 Å². The van der Waals surface area contributed by atoms with Crippen LogP contribution in [0.15, 0.2) is 54.6 Å². The molecular weight excluding hydrogens is 256 g/mol. The van der Waals surface area contributed by atoms with Crippen molar-refractivity contribution in [1.29, 1.82) is 0 Å². The van der Waals surface area contributed by atoms with Gasteiger partial charge >= 0.3 is 5.97 Å². The van der Waals surface area contributed by atoms with E-state index in [1.54, 1.807) is 31.2 Å². The van der Waals surface area contributed by atoms with Crippen LogP contribution in [0.4, 0.5) is 0 Å². The van der Waals surface area contributed by atoms with Crippen molar-refractivity contribution in [2.75, 3.05) is 0 Å². The highest BCUT2D eigenvalue weighted by molar-refractivity contribution is 5.79. The molecule has 0 aliphatic carbocycles. The molecule has 0 radical (unpaired) electrons. The van der Waals surface area contributed by atoms with Crippen molar-refractivity contribution in [3.63, 3.8) is 0 Å². The molecule has 0 aliphatic rings. The minimum absolute atomic E-state index is 0.0984. The summed E-state index contributed by atoms with van der Waals surface area (Å²) in [5, 5.41) is 19.2. The van der Waals surface area contributed by atoms with Crippen LogP contribution in [0, 0.1) is 0 Å². The number of para-hydroxylation sites is 1. The van der Waals surface area contributed by atoms with Gasteiger partial charge in [-0.25, -0.2) is 4.79 Å². The summed E-state index contributed by atoms with van der Waals surface area (Å²) in [7, 11) is 0. The fourth-order valence-electron chi connectivity index (χ4n) is 1.90. The number of hydrogen-bond donors (Lipinski definition) is 2. The van der Waals surface area contributed by atoms with Gasteiger partial charge in [0.2, 0.25) is 0 Å². The van der Waals surface area contributed by atoms with Gasteiger partial charge in [-0.1, -0.05) is 37.3 Å². The second-order valence-electron chi connectivity index (χ2n) is 4.46. The van der Waals surface area contributed by atoms with Crippen LogP contribution in [-0.2, 0) is 10.4 Å². The molecule has 0 saturated heterocycles. The molecule has 2 rings (SSSR count). The van der Waals surface area contributed by atoms with E-state index in [1.807, 2.05) is 30.3 Å². The molecule has 0 spiro atoms. The van der Waals surface area contributed by atoms with E-state index in [1.165, 1.54) is 0 Å². The SMILES string of the molecule is CCC(O)(C(=O)O)c1ccc(Oc2ccccc2)cc1. The standard InChI is InChI=1S/C16H16O4/c1-2-16(19,15(17)18)12-8-10-14(11-9-12)20-13-6-4-3-5-7-13/h3-11,19H,2H2,1H3,(H,17,18). The van der Waals surface area contributed by atoms with Gasteiger partial charge in [-0.2, -0.15) is 0 Å². The maximum absolute atomic E-state index is 11.1. The van der Waals surface area contributed by atoms with Crippen molar-refractivity contribution in [2.24, 2.45) is 0 Å². The number of carboxylic acid groups (broad SMARTS) is 1. The van der Waals surface area contributed by atoms with Gasteiger partial charge in [-0.3, -0.25) is 0 Å². The van der Waals surface area contributed by atoms with Gasteiger partial charge in [-0.15, -0.1) is 0 Å². The number of benzene rings is 2. The number of hydrogen-bond acceptors (Lipinski definition) is 3. The maximum atomic E-state index is 11.1. The molecule has 20 heavy (non-hydrogen) atoms. The van der Waals surface area contributed by atoms with Crippen molar-refractivity contribution >= 4 is 5.97 Å². The van der Waals surface area contributed by atoms with E-state index in [0.29, 0.717) is 17.1 Å². The first kappa shape index (κ1) is 14.1. The Labute approximate surface area is 117 Å². The molecule has 0 amide bonds. The second kappa shape index (κ2) is 5.75. The number of aliphatic carboxylic acids is 1. The Kier molecular flexibility index (Phi) is 4.05. The zero-order valence-corrected chi connectivity index (χ0v) is 11.1. The van der Waals surface area contributed by atoms with Gasteiger partial charge < -0.3 is 14.9 Å². The van der Waals surface area contributed by atoms with E-state index in [-0.39, 0.29) is 6.42 Å². The van der Waals surface area contributed by atoms with Crippen LogP contribution in [0.2, 0.25) is 0 Å². The monoisotopic (exact) mass is 272 g/mol. The molecule has 0 bridgehead atoms. The van der Waals surface area contributed by atoms with E-state index < -0.39 is 11.6 Å². The Morgan fingerprint density at radius 2 is 1.60 bits per heavy atom. The summed E-state index contributed by atoms with van der Waals surface area (Å²) in [4.78, 5) is 11.1. The average Bonchev–Trinajstić information content (AvgIpc) is 2.48. The molecule has 2 aromatic rings. The van der Waals surface area contributed by atoms with Gasteiger partial charge in [0, 0.05) is 0 Å². The Bertz CT molecular complexity index is 577. The third-order valence-electron chi connectivity index (χ3n) is 3.18. The Hall–Kier alpha value is -2.33. The molecule has 0 heterocycles. The molecule has 0 aliphatic heterocycles. The molecule has 1 atom stereocenters. The topological polar surface area (TPSA) is 66.8 Å². The van der Waals surface area contributed by atoms with Crippen molar-refractivity contribution in [3.8, 4) is 11.5 Å². The highest BCUT2D eigenvalue weighted by Gasteiger charge is 2.35. The molecule has 1 unspecified atom stereocenters. The summed E-state index contributed by atoms with van der Waals surface area (Å²) in [5.41, 5.74) is -1.52. The highest BCUT2D eigenvalue weighted by Crippen LogP contribution is 2.28. The van der Waals surface area contributed by atoms with E-state index in [4.69, 9.17) is 9.84 Å². The van der Waals surface area contributed by atoms with Gasteiger partial charge in [0.25, 0.3) is 0 Å². The third kappa shape index (κ3) is 2.81. The highest BCUT2D eigenvalue weighted by atomic mass is 16.5. The van der Waals surface area contributed by atoms with Crippen LogP contribution in [0.3, 0.4) is 0 Å². The van der Waals surface area contributed by atoms with Crippen LogP contribution in [0.1, 0.15) is 18.9 Å². The maximum Gasteiger partial charge on any atom is 0.340 e. The fourth-order valence-corrected chi connectivity index (χ4v) is 1.90. The lowest BCUT2D eigenvalue weighted by molar-refractivity contribution is -0.160. The smallest absolute Gasteiger partial charge is 0.340 e. The third-order valence-corrected chi connectivity index (χ3v) is 3.18. The molecule has 104 valence electrons. The first-order valence-corrected chi connectivity index (χ1v) is 6.35. The van der Waals surface area contributed by atoms with Crippen molar-refractivity contribution in [1.82, 2.24) is 0 Å². The average molecular weight is 272 g/mol. The number of carboxylic acids is 1. The molecule has 2 aromatic carbocycles. The minimum Gasteiger partial charge on any atom is -0.479 e. The van der Waals surface area contributed by atoms with E-state index in [2.05, 4.69) is 0 Å². The van der Waals surface area contributed by atoms with Crippen LogP contribution in [-0.4, -0.2) is 16.2 Å². The van der Waals surface area contributed by atoms with Crippen LogP contribution in [0.5, 0.6) is 11.5 Å². The lowest BCUT2D eigenvalue weighted by Crippen LogP contribution is -2.34. The minimum atomic E-state index is -1.86. The summed E-state index contributed by atoms with van der Waals surface area (Å²) in [6.07, 6.45) is 0.0984. The van der Waals surface area contributed by atoms with Crippen LogP contribution in [0.25, 0.3) is 0 Å². The summed E-state index contributed by atoms with van der Waals surface area (Å²) in [6, 6.07) is 15.7. The van der Waals surface area contributed by atoms with Crippen LogP contribution < -0.4 is 4.74 Å². The molecule has 0 fully saturated rings. The lowest BCUT2D eigenvalue weighted by atomic mass is 9.91. The second-order valence-corrected chi connectivity index (χ2v) is 4.46. The Balaban J connectivity index is 2.20. The van der Waals surface area contributed by atoms with Gasteiger partial charge in [-0.05, 0) is 36.2 Å². The molecule has 4 nitrogen and oxygen atoms in total. The van der Waals surface area contributed by atoms with E-state index in [9.17, 15) is 9.90 Å².